The van der Waals surface area contributed by atoms with Gasteiger partial charge in [0.2, 0.25) is 0 Å². The predicted molar refractivity (Wildman–Crippen MR) is 101 cm³/mol. The molecule has 7 heteroatoms. The molecule has 3 rings (SSSR count). The van der Waals surface area contributed by atoms with Crippen molar-refractivity contribution >= 4 is 23.5 Å². The van der Waals surface area contributed by atoms with E-state index in [1.165, 1.54) is 17.0 Å². The molecule has 1 N–H and O–H groups in total. The first-order valence-corrected chi connectivity index (χ1v) is 8.72. The normalized spacial score (nSPS) is 12.7. The van der Waals surface area contributed by atoms with E-state index < -0.39 is 18.5 Å². The highest BCUT2D eigenvalue weighted by atomic mass is 19.1. The number of fused-ring (bicyclic) bond motifs is 1. The highest BCUT2D eigenvalue weighted by Gasteiger charge is 2.32. The molecular formula is C21H19FN2O4. The second kappa shape index (κ2) is 8.47. The van der Waals surface area contributed by atoms with Crippen LogP contribution in [-0.4, -0.2) is 42.4 Å². The summed E-state index contributed by atoms with van der Waals surface area (Å²) in [6, 6.07) is 12.9. The zero-order valence-corrected chi connectivity index (χ0v) is 15.1. The van der Waals surface area contributed by atoms with Gasteiger partial charge in [-0.05, 0) is 30.2 Å². The number of ether oxygens (including phenoxy) is 1. The molecule has 0 saturated heterocycles. The summed E-state index contributed by atoms with van der Waals surface area (Å²) in [7, 11) is 0. The largest absolute Gasteiger partial charge is 0.454 e. The zero-order valence-electron chi connectivity index (χ0n) is 15.1. The molecule has 0 atom stereocenters. The maximum atomic E-state index is 12.8. The summed E-state index contributed by atoms with van der Waals surface area (Å²) in [6.45, 7) is 3.43. The van der Waals surface area contributed by atoms with Gasteiger partial charge in [0, 0.05) is 23.4 Å². The Balaban J connectivity index is 1.41. The van der Waals surface area contributed by atoms with Crippen molar-refractivity contribution < 1.29 is 23.5 Å². The van der Waals surface area contributed by atoms with Crippen molar-refractivity contribution in [3.8, 4) is 0 Å². The van der Waals surface area contributed by atoms with Crippen molar-refractivity contribution in [2.45, 2.75) is 6.42 Å². The lowest BCUT2D eigenvalue weighted by Gasteiger charge is -2.16. The smallest absolute Gasteiger partial charge is 0.326 e. The molecule has 0 unspecified atom stereocenters. The zero-order chi connectivity index (χ0) is 20.1. The van der Waals surface area contributed by atoms with Gasteiger partial charge in [0.1, 0.15) is 12.4 Å². The average molecular weight is 382 g/mol. The van der Waals surface area contributed by atoms with Gasteiger partial charge in [0.25, 0.3) is 11.8 Å². The first-order valence-electron chi connectivity index (χ1n) is 8.72. The van der Waals surface area contributed by atoms with E-state index in [1.807, 2.05) is 0 Å². The van der Waals surface area contributed by atoms with E-state index in [-0.39, 0.29) is 18.3 Å². The molecule has 0 bridgehead atoms. The second-order valence-corrected chi connectivity index (χ2v) is 6.27. The van der Waals surface area contributed by atoms with Crippen molar-refractivity contribution in [3.63, 3.8) is 0 Å². The number of carbonyl (C=O) groups is 3. The van der Waals surface area contributed by atoms with Crippen LogP contribution in [-0.2, 0) is 20.7 Å². The summed E-state index contributed by atoms with van der Waals surface area (Å²) < 4.78 is 17.8. The Morgan fingerprint density at radius 3 is 2.43 bits per heavy atom. The fourth-order valence-corrected chi connectivity index (χ4v) is 2.87. The Morgan fingerprint density at radius 2 is 1.75 bits per heavy atom. The van der Waals surface area contributed by atoms with Crippen LogP contribution in [0.25, 0.3) is 5.70 Å². The van der Waals surface area contributed by atoms with Crippen LogP contribution in [0.4, 0.5) is 4.39 Å². The van der Waals surface area contributed by atoms with Crippen LogP contribution in [0.5, 0.6) is 0 Å². The molecule has 0 saturated carbocycles. The van der Waals surface area contributed by atoms with Crippen molar-refractivity contribution in [2.75, 3.05) is 19.7 Å². The molecule has 2 aromatic rings. The van der Waals surface area contributed by atoms with Gasteiger partial charge >= 0.3 is 5.97 Å². The molecular weight excluding hydrogens is 363 g/mol. The summed E-state index contributed by atoms with van der Waals surface area (Å²) in [6.07, 6.45) is 0.528. The molecule has 0 radical (unpaired) electrons. The molecule has 1 heterocycles. The fourth-order valence-electron chi connectivity index (χ4n) is 2.87. The topological polar surface area (TPSA) is 75.7 Å². The summed E-state index contributed by atoms with van der Waals surface area (Å²) in [5.41, 5.74) is 2.48. The molecule has 1 aliphatic rings. The van der Waals surface area contributed by atoms with Crippen LogP contribution in [0.15, 0.2) is 55.1 Å². The van der Waals surface area contributed by atoms with Crippen LogP contribution < -0.4 is 5.32 Å². The third-order valence-corrected chi connectivity index (χ3v) is 4.34. The Bertz CT molecular complexity index is 889. The van der Waals surface area contributed by atoms with Crippen LogP contribution in [0.1, 0.15) is 21.5 Å². The third-order valence-electron chi connectivity index (χ3n) is 4.34. The highest BCUT2D eigenvalue weighted by Crippen LogP contribution is 2.30. The number of amides is 2. The summed E-state index contributed by atoms with van der Waals surface area (Å²) in [5.74, 6) is -1.79. The standard InChI is InChI=1S/C21H19FN2O4/c1-14-17-4-2-3-5-18(17)21(27)24(14)12-20(26)28-13-19(25)23-11-10-15-6-8-16(22)9-7-15/h2-9H,1,10-13H2,(H,23,25). The molecule has 28 heavy (non-hydrogen) atoms. The number of esters is 1. The van der Waals surface area contributed by atoms with Gasteiger partial charge in [-0.3, -0.25) is 19.3 Å². The Kier molecular flexibility index (Phi) is 5.84. The van der Waals surface area contributed by atoms with E-state index in [2.05, 4.69) is 11.9 Å². The van der Waals surface area contributed by atoms with Gasteiger partial charge in [-0.15, -0.1) is 0 Å². The molecule has 2 aromatic carbocycles. The van der Waals surface area contributed by atoms with E-state index in [0.717, 1.165) is 5.56 Å². The Morgan fingerprint density at radius 1 is 1.07 bits per heavy atom. The molecule has 1 aliphatic heterocycles. The first kappa shape index (κ1) is 19.3. The quantitative estimate of drug-likeness (QED) is 0.745. The number of nitrogens with zero attached hydrogens (tertiary/aromatic N) is 1. The van der Waals surface area contributed by atoms with Gasteiger partial charge < -0.3 is 10.1 Å². The van der Waals surface area contributed by atoms with Crippen molar-refractivity contribution in [3.05, 3.63) is 77.6 Å². The van der Waals surface area contributed by atoms with Crippen LogP contribution >= 0.6 is 0 Å². The molecule has 0 aromatic heterocycles. The first-order chi connectivity index (χ1) is 13.5. The summed E-state index contributed by atoms with van der Waals surface area (Å²) in [4.78, 5) is 37.4. The maximum absolute atomic E-state index is 12.8. The van der Waals surface area contributed by atoms with Gasteiger partial charge in [0.15, 0.2) is 6.61 Å². The van der Waals surface area contributed by atoms with E-state index in [9.17, 15) is 18.8 Å². The van der Waals surface area contributed by atoms with Crippen molar-refractivity contribution in [1.82, 2.24) is 10.2 Å². The second-order valence-electron chi connectivity index (χ2n) is 6.27. The Hall–Kier alpha value is -3.48. The monoisotopic (exact) mass is 382 g/mol. The molecule has 6 nitrogen and oxygen atoms in total. The number of hydrogen-bond donors (Lipinski definition) is 1. The van der Waals surface area contributed by atoms with Gasteiger partial charge in [-0.1, -0.05) is 36.9 Å². The number of carbonyl (C=O) groups excluding carboxylic acids is 3. The molecule has 0 spiro atoms. The molecule has 2 amide bonds. The minimum Gasteiger partial charge on any atom is -0.454 e. The number of rotatable bonds is 7. The number of halogens is 1. The van der Waals surface area contributed by atoms with Crippen LogP contribution in [0, 0.1) is 5.82 Å². The summed E-state index contributed by atoms with van der Waals surface area (Å²) >= 11 is 0. The average Bonchev–Trinajstić information content (AvgIpc) is 2.93. The van der Waals surface area contributed by atoms with Gasteiger partial charge in [-0.25, -0.2) is 4.39 Å². The van der Waals surface area contributed by atoms with Crippen LogP contribution in [0.2, 0.25) is 0 Å². The molecule has 0 fully saturated rings. The number of nitrogens with one attached hydrogen (secondary N) is 1. The Labute approximate surface area is 161 Å². The summed E-state index contributed by atoms with van der Waals surface area (Å²) in [5, 5.41) is 2.62. The fraction of sp³-hybridized carbons (Fsp3) is 0.190. The minimum absolute atomic E-state index is 0.310. The maximum Gasteiger partial charge on any atom is 0.326 e. The predicted octanol–water partition coefficient (Wildman–Crippen LogP) is 2.15. The lowest BCUT2D eigenvalue weighted by atomic mass is 10.1. The SMILES string of the molecule is C=C1c2ccccc2C(=O)N1CC(=O)OCC(=O)NCCc1ccc(F)cc1. The molecule has 0 aliphatic carbocycles. The van der Waals surface area contributed by atoms with E-state index >= 15 is 0 Å². The van der Waals surface area contributed by atoms with E-state index in [0.29, 0.717) is 29.8 Å². The third kappa shape index (κ3) is 4.43. The van der Waals surface area contributed by atoms with Crippen molar-refractivity contribution in [1.29, 1.82) is 0 Å². The van der Waals surface area contributed by atoms with Crippen molar-refractivity contribution in [2.24, 2.45) is 0 Å². The number of benzene rings is 2. The molecule has 144 valence electrons. The number of hydrogen-bond acceptors (Lipinski definition) is 4. The van der Waals surface area contributed by atoms with Gasteiger partial charge in [-0.2, -0.15) is 0 Å². The lowest BCUT2D eigenvalue weighted by Crippen LogP contribution is -2.34. The van der Waals surface area contributed by atoms with Crippen LogP contribution in [0.3, 0.4) is 0 Å². The minimum atomic E-state index is -0.698. The lowest BCUT2D eigenvalue weighted by molar-refractivity contribution is -0.148. The highest BCUT2D eigenvalue weighted by molar-refractivity contribution is 6.10. The van der Waals surface area contributed by atoms with E-state index in [4.69, 9.17) is 4.74 Å². The van der Waals surface area contributed by atoms with Gasteiger partial charge in [0.05, 0.1) is 0 Å². The van der Waals surface area contributed by atoms with E-state index in [1.54, 1.807) is 36.4 Å².